The first-order chi connectivity index (χ1) is 5.29. The van der Waals surface area contributed by atoms with Crippen LogP contribution in [0.5, 0.6) is 0 Å². The molecule has 2 aromatic rings. The van der Waals surface area contributed by atoms with Gasteiger partial charge in [-0.15, -0.1) is 0 Å². The van der Waals surface area contributed by atoms with E-state index in [1.165, 1.54) is 0 Å². The minimum absolute atomic E-state index is 0.297. The van der Waals surface area contributed by atoms with Crippen LogP contribution >= 0.6 is 0 Å². The Balaban J connectivity index is 2.92. The fourth-order valence-corrected chi connectivity index (χ4v) is 1.08. The molecule has 0 saturated heterocycles. The molecular weight excluding hydrogens is 140 g/mol. The molecule has 0 amide bonds. The average Bonchev–Trinajstić information content (AvgIpc) is 2.30. The monoisotopic (exact) mass is 148 g/mol. The van der Waals surface area contributed by atoms with Crippen LogP contribution in [0, 0.1) is 0 Å². The number of hydrogen-bond donors (Lipinski definition) is 2. The van der Waals surface area contributed by atoms with E-state index in [9.17, 15) is 0 Å². The van der Waals surface area contributed by atoms with Gasteiger partial charge in [0, 0.05) is 5.39 Å². The lowest BCUT2D eigenvalue weighted by Crippen LogP contribution is -1.88. The van der Waals surface area contributed by atoms with Crippen molar-refractivity contribution in [2.45, 2.75) is 0 Å². The fraction of sp³-hybridized carbons (Fsp3) is 0. The zero-order valence-corrected chi connectivity index (χ0v) is 5.87. The van der Waals surface area contributed by atoms with Gasteiger partial charge in [-0.25, -0.2) is 0 Å². The molecule has 0 saturated carbocycles. The summed E-state index contributed by atoms with van der Waals surface area (Å²) in [5.74, 6) is 0.297. The van der Waals surface area contributed by atoms with Gasteiger partial charge in [-0.3, -0.25) is 0 Å². The van der Waals surface area contributed by atoms with Crippen LogP contribution in [-0.2, 0) is 0 Å². The van der Waals surface area contributed by atoms with Gasteiger partial charge in [0.1, 0.15) is 11.3 Å². The van der Waals surface area contributed by atoms with Crippen molar-refractivity contribution < 1.29 is 4.42 Å². The number of para-hydroxylation sites is 1. The number of hydrogen-bond acceptors (Lipinski definition) is 3. The highest BCUT2D eigenvalue weighted by atomic mass is 16.3. The Bertz CT molecular complexity index is 392. The highest BCUT2D eigenvalue weighted by Crippen LogP contribution is 2.29. The van der Waals surface area contributed by atoms with Crippen LogP contribution in [0.3, 0.4) is 0 Å². The van der Waals surface area contributed by atoms with Crippen LogP contribution in [0.2, 0.25) is 0 Å². The quantitative estimate of drug-likeness (QED) is 0.596. The van der Waals surface area contributed by atoms with Crippen LogP contribution < -0.4 is 11.5 Å². The molecule has 2 rings (SSSR count). The second-order valence-electron chi connectivity index (χ2n) is 2.38. The molecule has 0 aliphatic rings. The normalized spacial score (nSPS) is 10.5. The summed E-state index contributed by atoms with van der Waals surface area (Å²) in [7, 11) is 0. The summed E-state index contributed by atoms with van der Waals surface area (Å²) >= 11 is 0. The number of nitrogen functional groups attached to an aromatic ring is 2. The molecule has 4 N–H and O–H groups in total. The molecule has 1 aromatic carbocycles. The summed E-state index contributed by atoms with van der Waals surface area (Å²) in [5.41, 5.74) is 12.3. The van der Waals surface area contributed by atoms with Crippen LogP contribution in [0.4, 0.5) is 11.6 Å². The Morgan fingerprint density at radius 3 is 2.55 bits per heavy atom. The number of fused-ring (bicyclic) bond motifs is 1. The maximum absolute atomic E-state index is 5.62. The van der Waals surface area contributed by atoms with Gasteiger partial charge in [0.05, 0.1) is 0 Å². The van der Waals surface area contributed by atoms with E-state index in [0.717, 1.165) is 11.0 Å². The minimum Gasteiger partial charge on any atom is -0.439 e. The second-order valence-corrected chi connectivity index (χ2v) is 2.38. The zero-order chi connectivity index (χ0) is 7.84. The van der Waals surface area contributed by atoms with E-state index in [0.29, 0.717) is 11.6 Å². The third-order valence-corrected chi connectivity index (χ3v) is 1.66. The van der Waals surface area contributed by atoms with Crippen molar-refractivity contribution in [1.29, 1.82) is 0 Å². The highest BCUT2D eigenvalue weighted by molar-refractivity contribution is 5.94. The Labute approximate surface area is 63.6 Å². The van der Waals surface area contributed by atoms with E-state index in [1.807, 2.05) is 24.3 Å². The summed E-state index contributed by atoms with van der Waals surface area (Å²) in [6, 6.07) is 7.49. The number of nitrogens with two attached hydrogens (primary N) is 2. The van der Waals surface area contributed by atoms with Gasteiger partial charge in [-0.2, -0.15) is 0 Å². The summed E-state index contributed by atoms with van der Waals surface area (Å²) in [4.78, 5) is 0. The standard InChI is InChI=1S/C8H8N2O/c9-7-5-3-1-2-4-6(5)11-8(7)10/h1-4H,9-10H2. The molecule has 56 valence electrons. The summed E-state index contributed by atoms with van der Waals surface area (Å²) < 4.78 is 5.15. The second kappa shape index (κ2) is 1.92. The molecule has 0 unspecified atom stereocenters. The largest absolute Gasteiger partial charge is 0.439 e. The fourth-order valence-electron chi connectivity index (χ4n) is 1.08. The van der Waals surface area contributed by atoms with E-state index in [-0.39, 0.29) is 0 Å². The first kappa shape index (κ1) is 6.09. The molecule has 0 fully saturated rings. The lowest BCUT2D eigenvalue weighted by atomic mass is 10.2. The SMILES string of the molecule is Nc1oc2ccccc2c1N. The predicted octanol–water partition coefficient (Wildman–Crippen LogP) is 1.60. The first-order valence-corrected chi connectivity index (χ1v) is 3.31. The number of furan rings is 1. The topological polar surface area (TPSA) is 65.2 Å². The predicted molar refractivity (Wildman–Crippen MR) is 45.0 cm³/mol. The Kier molecular flexibility index (Phi) is 1.06. The third kappa shape index (κ3) is 0.741. The molecule has 0 radical (unpaired) electrons. The number of rotatable bonds is 0. The van der Waals surface area contributed by atoms with E-state index >= 15 is 0 Å². The van der Waals surface area contributed by atoms with Gasteiger partial charge >= 0.3 is 0 Å². The molecule has 3 heteroatoms. The number of benzene rings is 1. The molecule has 11 heavy (non-hydrogen) atoms. The van der Waals surface area contributed by atoms with E-state index in [2.05, 4.69) is 0 Å². The molecule has 3 nitrogen and oxygen atoms in total. The van der Waals surface area contributed by atoms with Gasteiger partial charge in [-0.05, 0) is 12.1 Å². The maximum atomic E-state index is 5.62. The molecule has 0 bridgehead atoms. The van der Waals surface area contributed by atoms with Crippen LogP contribution in [0.1, 0.15) is 0 Å². The average molecular weight is 148 g/mol. The van der Waals surface area contributed by atoms with Gasteiger partial charge < -0.3 is 15.9 Å². The van der Waals surface area contributed by atoms with Crippen LogP contribution in [-0.4, -0.2) is 0 Å². The van der Waals surface area contributed by atoms with E-state index in [1.54, 1.807) is 0 Å². The number of anilines is 2. The summed E-state index contributed by atoms with van der Waals surface area (Å²) in [6.07, 6.45) is 0. The van der Waals surface area contributed by atoms with Crippen molar-refractivity contribution in [1.82, 2.24) is 0 Å². The van der Waals surface area contributed by atoms with Crippen LogP contribution in [0.25, 0.3) is 11.0 Å². The van der Waals surface area contributed by atoms with Gasteiger partial charge in [0.15, 0.2) is 0 Å². The molecule has 0 atom stereocenters. The Morgan fingerprint density at radius 2 is 1.82 bits per heavy atom. The molecule has 0 spiro atoms. The van der Waals surface area contributed by atoms with Crippen molar-refractivity contribution in [2.75, 3.05) is 11.5 Å². The van der Waals surface area contributed by atoms with E-state index in [4.69, 9.17) is 15.9 Å². The lowest BCUT2D eigenvalue weighted by Gasteiger charge is -1.85. The molecule has 1 aromatic heterocycles. The first-order valence-electron chi connectivity index (χ1n) is 3.31. The van der Waals surface area contributed by atoms with Gasteiger partial charge in [-0.1, -0.05) is 12.1 Å². The zero-order valence-electron chi connectivity index (χ0n) is 5.87. The Morgan fingerprint density at radius 1 is 1.09 bits per heavy atom. The summed E-state index contributed by atoms with van der Waals surface area (Å²) in [5, 5.41) is 0.880. The summed E-state index contributed by atoms with van der Waals surface area (Å²) in [6.45, 7) is 0. The maximum Gasteiger partial charge on any atom is 0.214 e. The molecule has 0 aliphatic heterocycles. The van der Waals surface area contributed by atoms with Crippen molar-refractivity contribution >= 4 is 22.5 Å². The van der Waals surface area contributed by atoms with Crippen molar-refractivity contribution in [2.24, 2.45) is 0 Å². The molecule has 0 aliphatic carbocycles. The molecule has 1 heterocycles. The smallest absolute Gasteiger partial charge is 0.214 e. The van der Waals surface area contributed by atoms with E-state index < -0.39 is 0 Å². The van der Waals surface area contributed by atoms with Crippen LogP contribution in [0.15, 0.2) is 28.7 Å². The van der Waals surface area contributed by atoms with Crippen molar-refractivity contribution in [3.05, 3.63) is 24.3 Å². The van der Waals surface area contributed by atoms with Gasteiger partial charge in [0.25, 0.3) is 0 Å². The van der Waals surface area contributed by atoms with Crippen molar-refractivity contribution in [3.63, 3.8) is 0 Å². The van der Waals surface area contributed by atoms with Crippen molar-refractivity contribution in [3.8, 4) is 0 Å². The Hall–Kier alpha value is -1.64. The third-order valence-electron chi connectivity index (χ3n) is 1.66. The molecular formula is C8H8N2O. The lowest BCUT2D eigenvalue weighted by molar-refractivity contribution is 0.638. The highest BCUT2D eigenvalue weighted by Gasteiger charge is 2.05. The minimum atomic E-state index is 0.297. The van der Waals surface area contributed by atoms with Gasteiger partial charge in [0.2, 0.25) is 5.88 Å².